The Morgan fingerprint density at radius 1 is 1.17 bits per heavy atom. The number of nitrogens with one attached hydrogen (secondary N) is 1. The van der Waals surface area contributed by atoms with E-state index in [9.17, 15) is 9.59 Å². The van der Waals surface area contributed by atoms with Crippen molar-refractivity contribution in [3.63, 3.8) is 0 Å². The quantitative estimate of drug-likeness (QED) is 0.252. The first-order chi connectivity index (χ1) is 17.1. The highest BCUT2D eigenvalue weighted by atomic mass is 35.5. The molecule has 176 valence electrons. The van der Waals surface area contributed by atoms with Crippen molar-refractivity contribution in [3.05, 3.63) is 87.9 Å². The predicted octanol–water partition coefficient (Wildman–Crippen LogP) is 4.64. The number of carbonyl (C=O) groups excluding carboxylic acids is 1. The van der Waals surface area contributed by atoms with Crippen LogP contribution in [0, 0.1) is 6.92 Å². The van der Waals surface area contributed by atoms with Crippen molar-refractivity contribution in [2.45, 2.75) is 25.8 Å². The molecule has 0 saturated carbocycles. The summed E-state index contributed by atoms with van der Waals surface area (Å²) < 4.78 is 0. The summed E-state index contributed by atoms with van der Waals surface area (Å²) in [6.45, 7) is 2.55. The molecule has 0 spiro atoms. The fraction of sp³-hybridized carbons (Fsp3) is 0.192. The van der Waals surface area contributed by atoms with Gasteiger partial charge < -0.3 is 9.88 Å². The van der Waals surface area contributed by atoms with E-state index in [0.29, 0.717) is 45.6 Å². The van der Waals surface area contributed by atoms with Crippen LogP contribution in [0.15, 0.2) is 76.9 Å². The molecule has 1 atom stereocenters. The molecule has 9 heteroatoms. The Hall–Kier alpha value is -4.04. The van der Waals surface area contributed by atoms with Crippen LogP contribution in [-0.2, 0) is 4.79 Å². The molecule has 35 heavy (non-hydrogen) atoms. The third kappa shape index (κ3) is 4.28. The van der Waals surface area contributed by atoms with Crippen molar-refractivity contribution in [1.29, 1.82) is 0 Å². The Labute approximate surface area is 206 Å². The average Bonchev–Trinajstić information content (AvgIpc) is 3.36. The number of amidine groups is 1. The molecule has 1 N–H and O–H groups in total. The van der Waals surface area contributed by atoms with Crippen LogP contribution in [0.5, 0.6) is 0 Å². The Morgan fingerprint density at radius 2 is 2.00 bits per heavy atom. The number of carbonyl (C=O) groups is 1. The van der Waals surface area contributed by atoms with Gasteiger partial charge in [-0.25, -0.2) is 15.0 Å². The largest absolute Gasteiger partial charge is 0.346 e. The summed E-state index contributed by atoms with van der Waals surface area (Å²) in [5, 5.41) is 1.01. The number of pyridine rings is 1. The molecule has 1 aliphatic heterocycles. The molecule has 4 aromatic rings. The van der Waals surface area contributed by atoms with Gasteiger partial charge in [0.1, 0.15) is 29.0 Å². The van der Waals surface area contributed by atoms with Gasteiger partial charge >= 0.3 is 0 Å². The molecule has 1 amide bonds. The maximum atomic E-state index is 12.8. The van der Waals surface area contributed by atoms with Crippen molar-refractivity contribution in [2.75, 3.05) is 16.3 Å². The molecule has 1 saturated heterocycles. The zero-order valence-corrected chi connectivity index (χ0v) is 19.8. The predicted molar refractivity (Wildman–Crippen MR) is 139 cm³/mol. The Bertz CT molecular complexity index is 1460. The number of aliphatic imine (C=N–C) groups is 1. The number of aromatic amines is 1. The lowest BCUT2D eigenvalue weighted by Crippen LogP contribution is -2.46. The van der Waals surface area contributed by atoms with Crippen LogP contribution in [0.3, 0.4) is 0 Å². The Kier molecular flexibility index (Phi) is 6.29. The standard InChI is InChI=1S/C26H23ClN6O2/c1-17-19(27)9-5-10-20(17)31-25(33(16-34)18-7-3-2-4-8-18)21-11-6-14-32(21)26-23-22(35)12-13-28-24(23)29-15-30-26/h2-5,7-10,12-13,15-16,21H,6,11,14H2,1H3,(H,28,29,30,35)/b31-25-/t21-/m0/s1. The van der Waals surface area contributed by atoms with Gasteiger partial charge in [0, 0.05) is 29.5 Å². The van der Waals surface area contributed by atoms with Crippen molar-refractivity contribution >= 4 is 52.1 Å². The molecule has 1 aliphatic rings. The maximum Gasteiger partial charge on any atom is 0.219 e. The second-order valence-corrected chi connectivity index (χ2v) is 8.69. The molecule has 2 aromatic carbocycles. The summed E-state index contributed by atoms with van der Waals surface area (Å²) in [4.78, 5) is 45.6. The zero-order chi connectivity index (χ0) is 24.4. The van der Waals surface area contributed by atoms with E-state index in [1.165, 1.54) is 12.4 Å². The molecule has 1 fully saturated rings. The lowest BCUT2D eigenvalue weighted by molar-refractivity contribution is -0.106. The third-order valence-electron chi connectivity index (χ3n) is 6.21. The van der Waals surface area contributed by atoms with Crippen molar-refractivity contribution in [2.24, 2.45) is 4.99 Å². The number of para-hydroxylation sites is 1. The lowest BCUT2D eigenvalue weighted by Gasteiger charge is -2.31. The van der Waals surface area contributed by atoms with Gasteiger partial charge in [-0.05, 0) is 49.6 Å². The van der Waals surface area contributed by atoms with E-state index in [2.05, 4.69) is 15.0 Å². The number of H-pyrrole nitrogens is 1. The molecule has 0 bridgehead atoms. The molecule has 3 heterocycles. The van der Waals surface area contributed by atoms with Gasteiger partial charge in [-0.3, -0.25) is 14.5 Å². The van der Waals surface area contributed by atoms with Gasteiger partial charge in [0.05, 0.1) is 11.7 Å². The number of hydrogen-bond donors (Lipinski definition) is 1. The number of hydrogen-bond acceptors (Lipinski definition) is 6. The average molecular weight is 487 g/mol. The minimum Gasteiger partial charge on any atom is -0.346 e. The summed E-state index contributed by atoms with van der Waals surface area (Å²) >= 11 is 6.38. The van der Waals surface area contributed by atoms with Crippen molar-refractivity contribution < 1.29 is 4.79 Å². The summed E-state index contributed by atoms with van der Waals surface area (Å²) in [6.07, 6.45) is 5.36. The van der Waals surface area contributed by atoms with E-state index < -0.39 is 0 Å². The van der Waals surface area contributed by atoms with Gasteiger partial charge in [-0.1, -0.05) is 35.9 Å². The van der Waals surface area contributed by atoms with Crippen LogP contribution in [0.4, 0.5) is 17.2 Å². The van der Waals surface area contributed by atoms with Crippen LogP contribution >= 0.6 is 11.6 Å². The lowest BCUT2D eigenvalue weighted by atomic mass is 10.1. The van der Waals surface area contributed by atoms with Crippen LogP contribution in [0.2, 0.25) is 5.02 Å². The number of rotatable bonds is 5. The van der Waals surface area contributed by atoms with E-state index >= 15 is 0 Å². The monoisotopic (exact) mass is 486 g/mol. The van der Waals surface area contributed by atoms with Crippen LogP contribution in [0.1, 0.15) is 18.4 Å². The van der Waals surface area contributed by atoms with E-state index in [1.807, 2.05) is 60.4 Å². The number of nitrogens with zero attached hydrogens (tertiary/aromatic N) is 5. The van der Waals surface area contributed by atoms with Crippen molar-refractivity contribution in [1.82, 2.24) is 15.0 Å². The number of benzene rings is 2. The number of amides is 1. The fourth-order valence-corrected chi connectivity index (χ4v) is 4.63. The highest BCUT2D eigenvalue weighted by Gasteiger charge is 2.35. The molecule has 0 unspecified atom stereocenters. The van der Waals surface area contributed by atoms with Gasteiger partial charge in [0.15, 0.2) is 5.43 Å². The molecule has 8 nitrogen and oxygen atoms in total. The van der Waals surface area contributed by atoms with Gasteiger partial charge in [-0.15, -0.1) is 0 Å². The second-order valence-electron chi connectivity index (χ2n) is 8.28. The normalized spacial score (nSPS) is 16.0. The topological polar surface area (TPSA) is 94.6 Å². The van der Waals surface area contributed by atoms with Gasteiger partial charge in [0.25, 0.3) is 0 Å². The number of aromatic nitrogens is 3. The van der Waals surface area contributed by atoms with E-state index in [-0.39, 0.29) is 11.5 Å². The zero-order valence-electron chi connectivity index (χ0n) is 19.1. The Balaban J connectivity index is 1.69. The Morgan fingerprint density at radius 3 is 2.80 bits per heavy atom. The highest BCUT2D eigenvalue weighted by molar-refractivity contribution is 6.31. The molecular weight excluding hydrogens is 464 g/mol. The molecule has 0 radical (unpaired) electrons. The molecule has 2 aromatic heterocycles. The first kappa shape index (κ1) is 22.7. The van der Waals surface area contributed by atoms with E-state index in [0.717, 1.165) is 24.8 Å². The SMILES string of the molecule is Cc1c(Cl)cccc1/N=C(/[C@@H]1CCCN1c1ncnc2[nH]ccc(=O)c12)N(C=O)c1ccccc1. The minimum absolute atomic E-state index is 0.167. The van der Waals surface area contributed by atoms with Gasteiger partial charge in [-0.2, -0.15) is 0 Å². The maximum absolute atomic E-state index is 12.8. The van der Waals surface area contributed by atoms with Crippen LogP contribution < -0.4 is 15.2 Å². The molecule has 5 rings (SSSR count). The molecular formula is C26H23ClN6O2. The number of anilines is 2. The van der Waals surface area contributed by atoms with Gasteiger partial charge in [0.2, 0.25) is 6.41 Å². The first-order valence-corrected chi connectivity index (χ1v) is 11.7. The molecule has 0 aliphatic carbocycles. The van der Waals surface area contributed by atoms with E-state index in [1.54, 1.807) is 11.1 Å². The second kappa shape index (κ2) is 9.68. The first-order valence-electron chi connectivity index (χ1n) is 11.3. The highest BCUT2D eigenvalue weighted by Crippen LogP contribution is 2.32. The summed E-state index contributed by atoms with van der Waals surface area (Å²) in [7, 11) is 0. The third-order valence-corrected chi connectivity index (χ3v) is 6.62. The fourth-order valence-electron chi connectivity index (χ4n) is 4.46. The number of fused-ring (bicyclic) bond motifs is 1. The van der Waals surface area contributed by atoms with Crippen molar-refractivity contribution in [3.8, 4) is 0 Å². The minimum atomic E-state index is -0.309. The smallest absolute Gasteiger partial charge is 0.219 e. The summed E-state index contributed by atoms with van der Waals surface area (Å²) in [6, 6.07) is 16.0. The summed E-state index contributed by atoms with van der Waals surface area (Å²) in [5.41, 5.74) is 2.48. The summed E-state index contributed by atoms with van der Waals surface area (Å²) in [5.74, 6) is 1.06. The van der Waals surface area contributed by atoms with Crippen LogP contribution in [0.25, 0.3) is 11.0 Å². The number of halogens is 1. The van der Waals surface area contributed by atoms with Crippen LogP contribution in [-0.4, -0.2) is 39.8 Å². The van der Waals surface area contributed by atoms with E-state index in [4.69, 9.17) is 16.6 Å².